The van der Waals surface area contributed by atoms with Crippen molar-refractivity contribution in [3.8, 4) is 0 Å². The monoisotopic (exact) mass is 356 g/mol. The lowest BCUT2D eigenvalue weighted by Crippen LogP contribution is -2.21. The molecule has 25 heavy (non-hydrogen) atoms. The minimum atomic E-state index is -0.369. The highest BCUT2D eigenvalue weighted by Gasteiger charge is 2.12. The molecule has 0 aromatic heterocycles. The van der Waals surface area contributed by atoms with Gasteiger partial charge in [-0.25, -0.2) is 4.79 Å². The Bertz CT molecular complexity index is 729. The third-order valence-electron chi connectivity index (χ3n) is 4.02. The topological polar surface area (TPSA) is 50.4 Å². The second-order valence-corrected chi connectivity index (χ2v) is 6.18. The highest BCUT2D eigenvalue weighted by molar-refractivity contribution is 7.80. The molecule has 2 rings (SSSR count). The second-order valence-electron chi connectivity index (χ2n) is 5.78. The first-order valence-corrected chi connectivity index (χ1v) is 8.90. The maximum atomic E-state index is 12.0. The molecule has 5 heteroatoms. The van der Waals surface area contributed by atoms with Crippen LogP contribution in [0.25, 0.3) is 0 Å². The molecule has 2 N–H and O–H groups in total. The molecule has 0 saturated carbocycles. The highest BCUT2D eigenvalue weighted by Crippen LogP contribution is 2.21. The Kier molecular flexibility index (Phi) is 6.95. The molecule has 132 valence electrons. The van der Waals surface area contributed by atoms with E-state index in [1.54, 1.807) is 25.1 Å². The molecule has 2 aromatic rings. The van der Waals surface area contributed by atoms with Crippen LogP contribution >= 0.6 is 12.2 Å². The van der Waals surface area contributed by atoms with Crippen LogP contribution in [0.1, 0.15) is 49.0 Å². The molecule has 0 aliphatic heterocycles. The summed E-state index contributed by atoms with van der Waals surface area (Å²) in [5, 5.41) is 6.63. The summed E-state index contributed by atoms with van der Waals surface area (Å²) in [4.78, 5) is 12.0. The number of benzene rings is 2. The molecule has 2 aromatic carbocycles. The van der Waals surface area contributed by atoms with Crippen LogP contribution in [0.3, 0.4) is 0 Å². The number of hydrogen-bond donors (Lipinski definition) is 2. The molecule has 0 spiro atoms. The van der Waals surface area contributed by atoms with E-state index in [-0.39, 0.29) is 5.97 Å². The predicted molar refractivity (Wildman–Crippen MR) is 107 cm³/mol. The summed E-state index contributed by atoms with van der Waals surface area (Å²) < 4.78 is 5.07. The number of hydrogen-bond acceptors (Lipinski definition) is 3. The number of rotatable bonds is 6. The van der Waals surface area contributed by atoms with E-state index in [4.69, 9.17) is 17.0 Å². The molecule has 0 bridgehead atoms. The van der Waals surface area contributed by atoms with Crippen molar-refractivity contribution in [3.05, 3.63) is 59.7 Å². The van der Waals surface area contributed by atoms with Crippen LogP contribution in [-0.2, 0) is 4.74 Å². The molecule has 4 nitrogen and oxygen atoms in total. The molecular formula is C20H24N2O2S. The standard InChI is InChI=1S/C20H24N2O2S/c1-4-14(3)15-10-12-16(13-11-15)21-20(25)22-18-9-7-6-8-17(18)19(23)24-5-2/h6-14H,4-5H2,1-3H3,(H2,21,22,25). The number of carbonyl (C=O) groups is 1. The summed E-state index contributed by atoms with van der Waals surface area (Å²) in [6.45, 7) is 6.50. The number of carbonyl (C=O) groups excluding carboxylic acids is 1. The van der Waals surface area contributed by atoms with E-state index < -0.39 is 0 Å². The zero-order valence-corrected chi connectivity index (χ0v) is 15.7. The minimum Gasteiger partial charge on any atom is -0.462 e. The molecule has 0 heterocycles. The Labute approximate surface area is 154 Å². The van der Waals surface area contributed by atoms with Crippen LogP contribution in [0, 0.1) is 0 Å². The van der Waals surface area contributed by atoms with Gasteiger partial charge in [0, 0.05) is 5.69 Å². The van der Waals surface area contributed by atoms with Gasteiger partial charge in [0.05, 0.1) is 17.9 Å². The third-order valence-corrected chi connectivity index (χ3v) is 4.22. The predicted octanol–water partition coefficient (Wildman–Crippen LogP) is 5.19. The Morgan fingerprint density at radius 3 is 2.40 bits per heavy atom. The summed E-state index contributed by atoms with van der Waals surface area (Å²) >= 11 is 5.36. The first kappa shape index (κ1) is 18.9. The van der Waals surface area contributed by atoms with Crippen molar-refractivity contribution >= 4 is 34.7 Å². The zero-order valence-electron chi connectivity index (χ0n) is 14.8. The van der Waals surface area contributed by atoms with Gasteiger partial charge in [0.15, 0.2) is 5.11 Å². The van der Waals surface area contributed by atoms with E-state index in [9.17, 15) is 4.79 Å². The van der Waals surface area contributed by atoms with Gasteiger partial charge in [0.2, 0.25) is 0 Å². The highest BCUT2D eigenvalue weighted by atomic mass is 32.1. The number of nitrogens with one attached hydrogen (secondary N) is 2. The lowest BCUT2D eigenvalue weighted by Gasteiger charge is -2.14. The van der Waals surface area contributed by atoms with E-state index >= 15 is 0 Å². The first-order valence-electron chi connectivity index (χ1n) is 8.49. The Morgan fingerprint density at radius 1 is 1.08 bits per heavy atom. The normalized spacial score (nSPS) is 11.5. The fourth-order valence-electron chi connectivity index (χ4n) is 2.39. The van der Waals surface area contributed by atoms with E-state index in [1.807, 2.05) is 18.2 Å². The van der Waals surface area contributed by atoms with Crippen LogP contribution in [0.4, 0.5) is 11.4 Å². The summed E-state index contributed by atoms with van der Waals surface area (Å²) in [5.41, 5.74) is 3.29. The van der Waals surface area contributed by atoms with Crippen molar-refractivity contribution in [2.24, 2.45) is 0 Å². The Morgan fingerprint density at radius 2 is 1.76 bits per heavy atom. The summed E-state index contributed by atoms with van der Waals surface area (Å²) in [6.07, 6.45) is 1.11. The Balaban J connectivity index is 2.04. The average molecular weight is 356 g/mol. The van der Waals surface area contributed by atoms with E-state index in [0.29, 0.717) is 28.9 Å². The molecule has 0 aliphatic rings. The van der Waals surface area contributed by atoms with Crippen molar-refractivity contribution in [3.63, 3.8) is 0 Å². The zero-order chi connectivity index (χ0) is 18.2. The summed E-state index contributed by atoms with van der Waals surface area (Å²) in [7, 11) is 0. The third kappa shape index (κ3) is 5.29. The van der Waals surface area contributed by atoms with Crippen molar-refractivity contribution in [2.45, 2.75) is 33.1 Å². The van der Waals surface area contributed by atoms with Gasteiger partial charge in [-0.15, -0.1) is 0 Å². The summed E-state index contributed by atoms with van der Waals surface area (Å²) in [5.74, 6) is 0.168. The van der Waals surface area contributed by atoms with Gasteiger partial charge in [-0.1, -0.05) is 38.1 Å². The molecular weight excluding hydrogens is 332 g/mol. The average Bonchev–Trinajstić information content (AvgIpc) is 2.62. The smallest absolute Gasteiger partial charge is 0.340 e. The van der Waals surface area contributed by atoms with Crippen LogP contribution in [0.5, 0.6) is 0 Å². The van der Waals surface area contributed by atoms with Crippen LogP contribution in [0.2, 0.25) is 0 Å². The number of para-hydroxylation sites is 1. The lowest BCUT2D eigenvalue weighted by atomic mass is 9.99. The molecule has 0 amide bonds. The fraction of sp³-hybridized carbons (Fsp3) is 0.300. The summed E-state index contributed by atoms with van der Waals surface area (Å²) in [6, 6.07) is 15.4. The van der Waals surface area contributed by atoms with Crippen molar-refractivity contribution in [1.29, 1.82) is 0 Å². The second kappa shape index (κ2) is 9.18. The van der Waals surface area contributed by atoms with Crippen molar-refractivity contribution in [2.75, 3.05) is 17.2 Å². The molecule has 0 fully saturated rings. The van der Waals surface area contributed by atoms with Gasteiger partial charge in [-0.05, 0) is 61.3 Å². The van der Waals surface area contributed by atoms with Gasteiger partial charge in [0.25, 0.3) is 0 Å². The molecule has 0 aliphatic carbocycles. The van der Waals surface area contributed by atoms with Gasteiger partial charge < -0.3 is 15.4 Å². The van der Waals surface area contributed by atoms with E-state index in [2.05, 4.69) is 36.6 Å². The molecule has 0 saturated heterocycles. The van der Waals surface area contributed by atoms with Gasteiger partial charge in [0.1, 0.15) is 0 Å². The van der Waals surface area contributed by atoms with E-state index in [1.165, 1.54) is 5.56 Å². The number of ether oxygens (including phenoxy) is 1. The largest absolute Gasteiger partial charge is 0.462 e. The van der Waals surface area contributed by atoms with Crippen LogP contribution in [-0.4, -0.2) is 17.7 Å². The fourth-order valence-corrected chi connectivity index (χ4v) is 2.62. The van der Waals surface area contributed by atoms with Gasteiger partial charge in [-0.2, -0.15) is 0 Å². The lowest BCUT2D eigenvalue weighted by molar-refractivity contribution is 0.0527. The maximum Gasteiger partial charge on any atom is 0.340 e. The molecule has 1 unspecified atom stereocenters. The van der Waals surface area contributed by atoms with E-state index in [0.717, 1.165) is 12.1 Å². The first-order chi connectivity index (χ1) is 12.0. The van der Waals surface area contributed by atoms with Crippen molar-refractivity contribution < 1.29 is 9.53 Å². The number of anilines is 2. The quantitative estimate of drug-likeness (QED) is 0.551. The van der Waals surface area contributed by atoms with Crippen LogP contribution in [0.15, 0.2) is 48.5 Å². The molecule has 0 radical (unpaired) electrons. The van der Waals surface area contributed by atoms with Gasteiger partial charge >= 0.3 is 5.97 Å². The molecule has 1 atom stereocenters. The minimum absolute atomic E-state index is 0.332. The van der Waals surface area contributed by atoms with Crippen molar-refractivity contribution in [1.82, 2.24) is 0 Å². The van der Waals surface area contributed by atoms with Gasteiger partial charge in [-0.3, -0.25) is 0 Å². The van der Waals surface area contributed by atoms with Crippen LogP contribution < -0.4 is 10.6 Å². The number of esters is 1. The number of thiocarbonyl (C=S) groups is 1. The maximum absolute atomic E-state index is 12.0. The SMILES string of the molecule is CCOC(=O)c1ccccc1NC(=S)Nc1ccc(C(C)CC)cc1. The Hall–Kier alpha value is -2.40.